The van der Waals surface area contributed by atoms with Gasteiger partial charge in [-0.1, -0.05) is 0 Å². The van der Waals surface area contributed by atoms with E-state index in [1.807, 2.05) is 19.0 Å². The number of nitrogens with zero attached hydrogens (tertiary/aromatic N) is 3. The Balaban J connectivity index is 2.27. The molecule has 0 aromatic carbocycles. The zero-order chi connectivity index (χ0) is 13.4. The molecule has 2 N–H and O–H groups in total. The van der Waals surface area contributed by atoms with Gasteiger partial charge in [-0.2, -0.15) is 0 Å². The summed E-state index contributed by atoms with van der Waals surface area (Å²) in [6.07, 6.45) is 3.75. The summed E-state index contributed by atoms with van der Waals surface area (Å²) in [5, 5.41) is 4.83. The number of aromatic nitrogens is 2. The van der Waals surface area contributed by atoms with E-state index in [1.54, 1.807) is 6.07 Å². The predicted octanol–water partition coefficient (Wildman–Crippen LogP) is -0.517. The van der Waals surface area contributed by atoms with E-state index in [2.05, 4.69) is 20.6 Å². The third kappa shape index (κ3) is 5.35. The van der Waals surface area contributed by atoms with Gasteiger partial charge in [-0.25, -0.2) is 9.97 Å². The second-order valence-corrected chi connectivity index (χ2v) is 3.94. The minimum atomic E-state index is -0.758. The van der Waals surface area contributed by atoms with E-state index >= 15 is 0 Å². The van der Waals surface area contributed by atoms with E-state index < -0.39 is 11.8 Å². The maximum Gasteiger partial charge on any atom is 0.316 e. The summed E-state index contributed by atoms with van der Waals surface area (Å²) in [6.45, 7) is 1.31. The molecule has 0 bridgehead atoms. The highest BCUT2D eigenvalue weighted by molar-refractivity contribution is 6.39. The summed E-state index contributed by atoms with van der Waals surface area (Å²) in [6, 6.07) is 1.62. The number of carbonyl (C=O) groups excluding carboxylic acids is 2. The monoisotopic (exact) mass is 251 g/mol. The average Bonchev–Trinajstić information content (AvgIpc) is 2.35. The quantitative estimate of drug-likeness (QED) is 0.543. The predicted molar refractivity (Wildman–Crippen MR) is 66.8 cm³/mol. The molecule has 1 rings (SSSR count). The van der Waals surface area contributed by atoms with Crippen molar-refractivity contribution in [1.82, 2.24) is 20.2 Å². The fourth-order valence-electron chi connectivity index (χ4n) is 1.20. The van der Waals surface area contributed by atoms with E-state index in [1.165, 1.54) is 12.4 Å². The maximum absolute atomic E-state index is 11.4. The Hall–Kier alpha value is -2.02. The van der Waals surface area contributed by atoms with E-state index in [0.29, 0.717) is 6.54 Å². The van der Waals surface area contributed by atoms with Gasteiger partial charge < -0.3 is 10.2 Å². The molecule has 0 fully saturated rings. The Labute approximate surface area is 106 Å². The number of amides is 2. The molecule has 98 valence electrons. The first-order chi connectivity index (χ1) is 8.59. The van der Waals surface area contributed by atoms with Crippen LogP contribution in [0.1, 0.15) is 6.42 Å². The Kier molecular flexibility index (Phi) is 5.72. The minimum Gasteiger partial charge on any atom is -0.348 e. The first-order valence-electron chi connectivity index (χ1n) is 5.60. The highest BCUT2D eigenvalue weighted by atomic mass is 16.2. The molecule has 0 aliphatic rings. The van der Waals surface area contributed by atoms with Crippen molar-refractivity contribution in [2.24, 2.45) is 0 Å². The molecule has 0 spiro atoms. The highest BCUT2D eigenvalue weighted by Crippen LogP contribution is 1.93. The molecule has 0 saturated heterocycles. The van der Waals surface area contributed by atoms with Crippen molar-refractivity contribution in [3.05, 3.63) is 18.5 Å². The third-order valence-electron chi connectivity index (χ3n) is 2.06. The maximum atomic E-state index is 11.4. The van der Waals surface area contributed by atoms with Crippen molar-refractivity contribution >= 4 is 17.8 Å². The molecule has 0 aliphatic carbocycles. The molecule has 0 saturated carbocycles. The smallest absolute Gasteiger partial charge is 0.316 e. The fourth-order valence-corrected chi connectivity index (χ4v) is 1.20. The standard InChI is InChI=1S/C11H17N5O2/c1-16(2)8-4-7-12-9(17)10(18)15-11-13-5-3-6-14-11/h3,5-6H,4,7-8H2,1-2H3,(H,12,17)(H,13,14,15,18). The van der Waals surface area contributed by atoms with Crippen LogP contribution in [0.4, 0.5) is 5.95 Å². The van der Waals surface area contributed by atoms with Crippen LogP contribution in [0.3, 0.4) is 0 Å². The van der Waals surface area contributed by atoms with Crippen molar-refractivity contribution in [3.8, 4) is 0 Å². The number of nitrogens with one attached hydrogen (secondary N) is 2. The molecule has 7 nitrogen and oxygen atoms in total. The van der Waals surface area contributed by atoms with Gasteiger partial charge in [-0.15, -0.1) is 0 Å². The lowest BCUT2D eigenvalue weighted by atomic mass is 10.4. The van der Waals surface area contributed by atoms with Crippen molar-refractivity contribution in [2.45, 2.75) is 6.42 Å². The zero-order valence-electron chi connectivity index (χ0n) is 10.5. The van der Waals surface area contributed by atoms with E-state index in [9.17, 15) is 9.59 Å². The van der Waals surface area contributed by atoms with Crippen molar-refractivity contribution < 1.29 is 9.59 Å². The van der Waals surface area contributed by atoms with Crippen LogP contribution in [0.15, 0.2) is 18.5 Å². The summed E-state index contributed by atoms with van der Waals surface area (Å²) in [5.74, 6) is -1.32. The van der Waals surface area contributed by atoms with E-state index in [-0.39, 0.29) is 5.95 Å². The van der Waals surface area contributed by atoms with Gasteiger partial charge in [0.05, 0.1) is 0 Å². The second-order valence-electron chi connectivity index (χ2n) is 3.94. The lowest BCUT2D eigenvalue weighted by molar-refractivity contribution is -0.136. The van der Waals surface area contributed by atoms with Gasteiger partial charge in [-0.05, 0) is 33.1 Å². The van der Waals surface area contributed by atoms with Crippen molar-refractivity contribution in [1.29, 1.82) is 0 Å². The first kappa shape index (κ1) is 14.0. The molecule has 0 radical (unpaired) electrons. The number of carbonyl (C=O) groups is 2. The molecule has 1 heterocycles. The Morgan fingerprint density at radius 3 is 2.50 bits per heavy atom. The van der Waals surface area contributed by atoms with Crippen LogP contribution in [0.25, 0.3) is 0 Å². The van der Waals surface area contributed by atoms with Gasteiger partial charge in [0.25, 0.3) is 0 Å². The van der Waals surface area contributed by atoms with Crippen molar-refractivity contribution in [2.75, 3.05) is 32.5 Å². The van der Waals surface area contributed by atoms with Gasteiger partial charge in [0.1, 0.15) is 0 Å². The number of hydrogen-bond donors (Lipinski definition) is 2. The normalized spacial score (nSPS) is 10.2. The van der Waals surface area contributed by atoms with Crippen molar-refractivity contribution in [3.63, 3.8) is 0 Å². The molecule has 1 aromatic heterocycles. The molecule has 2 amide bonds. The average molecular weight is 251 g/mol. The second kappa shape index (κ2) is 7.33. The van der Waals surface area contributed by atoms with Crippen LogP contribution in [0.5, 0.6) is 0 Å². The SMILES string of the molecule is CN(C)CCCNC(=O)C(=O)Nc1ncccn1. The molecule has 1 aromatic rings. The third-order valence-corrected chi connectivity index (χ3v) is 2.06. The molecule has 18 heavy (non-hydrogen) atoms. The number of rotatable bonds is 5. The molecule has 7 heteroatoms. The highest BCUT2D eigenvalue weighted by Gasteiger charge is 2.13. The molecular weight excluding hydrogens is 234 g/mol. The topological polar surface area (TPSA) is 87.2 Å². The van der Waals surface area contributed by atoms with Gasteiger partial charge in [0, 0.05) is 18.9 Å². The largest absolute Gasteiger partial charge is 0.348 e. The molecular formula is C11H17N5O2. The van der Waals surface area contributed by atoms with Gasteiger partial charge in [0.15, 0.2) is 0 Å². The van der Waals surface area contributed by atoms with Gasteiger partial charge in [0.2, 0.25) is 5.95 Å². The van der Waals surface area contributed by atoms with Gasteiger partial charge >= 0.3 is 11.8 Å². The Morgan fingerprint density at radius 1 is 1.22 bits per heavy atom. The number of anilines is 1. The van der Waals surface area contributed by atoms with Crippen LogP contribution in [0, 0.1) is 0 Å². The molecule has 0 aliphatic heterocycles. The minimum absolute atomic E-state index is 0.117. The summed E-state index contributed by atoms with van der Waals surface area (Å²) >= 11 is 0. The van der Waals surface area contributed by atoms with Crippen LogP contribution >= 0.6 is 0 Å². The first-order valence-corrected chi connectivity index (χ1v) is 5.60. The Bertz CT molecular complexity index is 394. The summed E-state index contributed by atoms with van der Waals surface area (Å²) in [5.41, 5.74) is 0. The lowest BCUT2D eigenvalue weighted by Crippen LogP contribution is -2.37. The molecule has 0 unspecified atom stereocenters. The summed E-state index contributed by atoms with van der Waals surface area (Å²) in [4.78, 5) is 32.4. The lowest BCUT2D eigenvalue weighted by Gasteiger charge is -2.09. The Morgan fingerprint density at radius 2 is 1.89 bits per heavy atom. The van der Waals surface area contributed by atoms with Crippen LogP contribution < -0.4 is 10.6 Å². The van der Waals surface area contributed by atoms with Gasteiger partial charge in [-0.3, -0.25) is 14.9 Å². The summed E-state index contributed by atoms with van der Waals surface area (Å²) < 4.78 is 0. The van der Waals surface area contributed by atoms with Crippen LogP contribution in [-0.2, 0) is 9.59 Å². The summed E-state index contributed by atoms with van der Waals surface area (Å²) in [7, 11) is 3.89. The zero-order valence-corrected chi connectivity index (χ0v) is 10.5. The van der Waals surface area contributed by atoms with Crippen LogP contribution in [-0.4, -0.2) is 53.9 Å². The molecule has 0 atom stereocenters. The van der Waals surface area contributed by atoms with Crippen LogP contribution in [0.2, 0.25) is 0 Å². The number of hydrogen-bond acceptors (Lipinski definition) is 5. The fraction of sp³-hybridized carbons (Fsp3) is 0.455. The van der Waals surface area contributed by atoms with E-state index in [4.69, 9.17) is 0 Å². The van der Waals surface area contributed by atoms with E-state index in [0.717, 1.165) is 13.0 Å².